The minimum absolute atomic E-state index is 0.0793. The van der Waals surface area contributed by atoms with E-state index in [1.165, 1.54) is 0 Å². The number of H-pyrrole nitrogens is 1. The van der Waals surface area contributed by atoms with E-state index in [2.05, 4.69) is 35.5 Å². The Hall–Kier alpha value is -2.92. The highest BCUT2D eigenvalue weighted by Gasteiger charge is 2.46. The predicted molar refractivity (Wildman–Crippen MR) is 122 cm³/mol. The molecule has 11 heteroatoms. The van der Waals surface area contributed by atoms with Crippen molar-refractivity contribution in [1.82, 2.24) is 25.3 Å². The van der Waals surface area contributed by atoms with Gasteiger partial charge in [0.15, 0.2) is 0 Å². The molecule has 6 heterocycles. The lowest BCUT2D eigenvalue weighted by Crippen LogP contribution is -2.57. The number of piperidine rings is 1. The maximum Gasteiger partial charge on any atom is 0.419 e. The van der Waals surface area contributed by atoms with E-state index in [9.17, 15) is 13.2 Å². The number of fused-ring (bicyclic) bond motifs is 1. The van der Waals surface area contributed by atoms with E-state index in [1.54, 1.807) is 6.20 Å². The first-order chi connectivity index (χ1) is 16.4. The molecule has 3 aliphatic rings. The van der Waals surface area contributed by atoms with Gasteiger partial charge in [-0.2, -0.15) is 13.2 Å². The predicted octanol–water partition coefficient (Wildman–Crippen LogP) is 3.43. The van der Waals surface area contributed by atoms with Gasteiger partial charge in [0, 0.05) is 61.0 Å². The van der Waals surface area contributed by atoms with Crippen molar-refractivity contribution >= 4 is 22.8 Å². The molecule has 1 unspecified atom stereocenters. The quantitative estimate of drug-likeness (QED) is 0.535. The molecule has 3 aliphatic heterocycles. The second-order valence-electron chi connectivity index (χ2n) is 9.57. The van der Waals surface area contributed by atoms with Gasteiger partial charge < -0.3 is 25.3 Å². The van der Waals surface area contributed by atoms with Crippen LogP contribution in [0.3, 0.4) is 0 Å². The maximum absolute atomic E-state index is 13.8. The van der Waals surface area contributed by atoms with Crippen LogP contribution in [0.25, 0.3) is 22.3 Å². The van der Waals surface area contributed by atoms with Crippen molar-refractivity contribution in [3.05, 3.63) is 30.1 Å². The molecule has 6 rings (SSSR count). The molecule has 3 aromatic rings. The molecule has 3 saturated heterocycles. The van der Waals surface area contributed by atoms with Crippen LogP contribution in [0.4, 0.5) is 24.9 Å². The number of aromatic amines is 1. The lowest BCUT2D eigenvalue weighted by Gasteiger charge is -2.47. The fourth-order valence-corrected chi connectivity index (χ4v) is 5.21. The van der Waals surface area contributed by atoms with E-state index in [1.807, 2.05) is 12.1 Å². The van der Waals surface area contributed by atoms with Gasteiger partial charge in [0.05, 0.1) is 12.3 Å². The van der Waals surface area contributed by atoms with E-state index < -0.39 is 11.7 Å². The minimum atomic E-state index is -4.58. The van der Waals surface area contributed by atoms with Gasteiger partial charge in [-0.3, -0.25) is 0 Å². The van der Waals surface area contributed by atoms with Gasteiger partial charge in [0.25, 0.3) is 0 Å². The average molecular weight is 474 g/mol. The number of anilines is 2. The van der Waals surface area contributed by atoms with Crippen molar-refractivity contribution in [1.29, 1.82) is 0 Å². The highest BCUT2D eigenvalue weighted by molar-refractivity contribution is 5.94. The molecule has 3 aromatic heterocycles. The summed E-state index contributed by atoms with van der Waals surface area (Å²) in [7, 11) is 0. The summed E-state index contributed by atoms with van der Waals surface area (Å²) in [6, 6.07) is 3.76. The molecular formula is C23H26F3N7O. The Labute approximate surface area is 194 Å². The molecule has 34 heavy (non-hydrogen) atoms. The smallest absolute Gasteiger partial charge is 0.381 e. The summed E-state index contributed by atoms with van der Waals surface area (Å²) in [5.41, 5.74) is 0.0974. The molecule has 0 amide bonds. The molecule has 8 nitrogen and oxygen atoms in total. The standard InChI is InChI=1S/C23H26F3N7O/c24-23(25,26)17-10-29-21(30-14-2-1-6-27-8-14)32-19(17)16-9-28-20-15(16)3-4-18(31-20)33-11-22(12-33)5-7-34-13-22/h3-4,9-10,14,27H,1-2,5-8,11-13H2,(H,28,31)(H,29,30,32). The monoisotopic (exact) mass is 473 g/mol. The Morgan fingerprint density at radius 2 is 2.09 bits per heavy atom. The number of alkyl halides is 3. The highest BCUT2D eigenvalue weighted by Crippen LogP contribution is 2.42. The Kier molecular flexibility index (Phi) is 5.14. The third-order valence-corrected chi connectivity index (χ3v) is 7.06. The van der Waals surface area contributed by atoms with Crippen molar-refractivity contribution in [2.45, 2.75) is 31.5 Å². The number of hydrogen-bond donors (Lipinski definition) is 3. The van der Waals surface area contributed by atoms with E-state index in [-0.39, 0.29) is 23.1 Å². The van der Waals surface area contributed by atoms with Crippen molar-refractivity contribution < 1.29 is 17.9 Å². The third-order valence-electron chi connectivity index (χ3n) is 7.06. The summed E-state index contributed by atoms with van der Waals surface area (Å²) in [6.07, 6.45) is 0.799. The topological polar surface area (TPSA) is 91.0 Å². The molecular weight excluding hydrogens is 447 g/mol. The van der Waals surface area contributed by atoms with Crippen LogP contribution in [0, 0.1) is 5.41 Å². The van der Waals surface area contributed by atoms with E-state index in [0.717, 1.165) is 70.7 Å². The maximum atomic E-state index is 13.8. The van der Waals surface area contributed by atoms with E-state index in [0.29, 0.717) is 16.6 Å². The molecule has 0 radical (unpaired) electrons. The number of rotatable bonds is 4. The van der Waals surface area contributed by atoms with E-state index >= 15 is 0 Å². The highest BCUT2D eigenvalue weighted by atomic mass is 19.4. The van der Waals surface area contributed by atoms with Gasteiger partial charge in [-0.25, -0.2) is 15.0 Å². The van der Waals surface area contributed by atoms with Crippen molar-refractivity contribution in [2.24, 2.45) is 5.41 Å². The first kappa shape index (κ1) is 21.6. The number of nitrogens with zero attached hydrogens (tertiary/aromatic N) is 4. The number of ether oxygens (including phenoxy) is 1. The Morgan fingerprint density at radius 1 is 1.21 bits per heavy atom. The van der Waals surface area contributed by atoms with Crippen LogP contribution in [-0.4, -0.2) is 65.4 Å². The lowest BCUT2D eigenvalue weighted by atomic mass is 9.79. The zero-order chi connectivity index (χ0) is 23.3. The number of halogens is 3. The molecule has 3 N–H and O–H groups in total. The average Bonchev–Trinajstić information content (AvgIpc) is 3.45. The SMILES string of the molecule is FC(F)(F)c1cnc(NC2CCCNC2)nc1-c1c[nH]c2nc(N3CC4(CCOC4)C3)ccc12. The summed E-state index contributed by atoms with van der Waals surface area (Å²) in [4.78, 5) is 18.2. The molecule has 0 aliphatic carbocycles. The molecule has 180 valence electrons. The van der Waals surface area contributed by atoms with Crippen molar-refractivity contribution in [3.8, 4) is 11.3 Å². The van der Waals surface area contributed by atoms with Crippen LogP contribution in [0.15, 0.2) is 24.5 Å². The number of nitrogens with one attached hydrogen (secondary N) is 3. The van der Waals surface area contributed by atoms with Gasteiger partial charge in [-0.1, -0.05) is 0 Å². The second kappa shape index (κ2) is 8.09. The van der Waals surface area contributed by atoms with Gasteiger partial charge in [-0.15, -0.1) is 0 Å². The second-order valence-corrected chi connectivity index (χ2v) is 9.57. The number of hydrogen-bond acceptors (Lipinski definition) is 7. The summed E-state index contributed by atoms with van der Waals surface area (Å²) in [5, 5.41) is 7.05. The number of pyridine rings is 1. The zero-order valence-corrected chi connectivity index (χ0v) is 18.6. The largest absolute Gasteiger partial charge is 0.419 e. The van der Waals surface area contributed by atoms with Crippen LogP contribution in [0.2, 0.25) is 0 Å². The minimum Gasteiger partial charge on any atom is -0.381 e. The Morgan fingerprint density at radius 3 is 2.82 bits per heavy atom. The third kappa shape index (κ3) is 3.86. The molecule has 3 fully saturated rings. The summed E-state index contributed by atoms with van der Waals surface area (Å²) >= 11 is 0. The van der Waals surface area contributed by atoms with Gasteiger partial charge >= 0.3 is 6.18 Å². The fourth-order valence-electron chi connectivity index (χ4n) is 5.21. The van der Waals surface area contributed by atoms with E-state index in [4.69, 9.17) is 4.74 Å². The summed E-state index contributed by atoms with van der Waals surface area (Å²) in [5.74, 6) is 1.00. The van der Waals surface area contributed by atoms with Crippen LogP contribution in [-0.2, 0) is 10.9 Å². The van der Waals surface area contributed by atoms with Crippen LogP contribution in [0.5, 0.6) is 0 Å². The van der Waals surface area contributed by atoms with Gasteiger partial charge in [-0.05, 0) is 37.9 Å². The molecule has 1 spiro atoms. The molecule has 0 bridgehead atoms. The molecule has 0 saturated carbocycles. The van der Waals surface area contributed by atoms with Gasteiger partial charge in [0.2, 0.25) is 5.95 Å². The van der Waals surface area contributed by atoms with Crippen LogP contribution >= 0.6 is 0 Å². The summed E-state index contributed by atoms with van der Waals surface area (Å²) in [6.45, 7) is 5.01. The number of aromatic nitrogens is 4. The normalized spacial score (nSPS) is 22.3. The molecule has 0 aromatic carbocycles. The first-order valence-electron chi connectivity index (χ1n) is 11.6. The van der Waals surface area contributed by atoms with Gasteiger partial charge in [0.1, 0.15) is 17.0 Å². The van der Waals surface area contributed by atoms with Crippen molar-refractivity contribution in [2.75, 3.05) is 49.6 Å². The fraction of sp³-hybridized carbons (Fsp3) is 0.522. The Bertz CT molecular complexity index is 1190. The molecule has 1 atom stereocenters. The lowest BCUT2D eigenvalue weighted by molar-refractivity contribution is -0.137. The van der Waals surface area contributed by atoms with Crippen LogP contribution < -0.4 is 15.5 Å². The first-order valence-corrected chi connectivity index (χ1v) is 11.6. The zero-order valence-electron chi connectivity index (χ0n) is 18.6. The van der Waals surface area contributed by atoms with Crippen molar-refractivity contribution in [3.63, 3.8) is 0 Å². The van der Waals surface area contributed by atoms with Crippen LogP contribution in [0.1, 0.15) is 24.8 Å². The summed E-state index contributed by atoms with van der Waals surface area (Å²) < 4.78 is 47.1. The Balaban J connectivity index is 1.32.